The van der Waals surface area contributed by atoms with Gasteiger partial charge < -0.3 is 15.0 Å². The lowest BCUT2D eigenvalue weighted by molar-refractivity contribution is -0.140. The van der Waals surface area contributed by atoms with Gasteiger partial charge in [0.15, 0.2) is 0 Å². The van der Waals surface area contributed by atoms with E-state index in [0.717, 1.165) is 32.5 Å². The Bertz CT molecular complexity index is 151. The number of carbonyl (C=O) groups is 1. The highest BCUT2D eigenvalue weighted by atomic mass is 16.5. The van der Waals surface area contributed by atoms with E-state index in [2.05, 4.69) is 22.0 Å². The minimum absolute atomic E-state index is 0.117. The van der Waals surface area contributed by atoms with Gasteiger partial charge in [-0.25, -0.2) is 0 Å². The van der Waals surface area contributed by atoms with Gasteiger partial charge in [-0.05, 0) is 46.6 Å². The largest absolute Gasteiger partial charge is 0.469 e. The molecule has 0 rings (SSSR count). The van der Waals surface area contributed by atoms with Crippen LogP contribution in [0.4, 0.5) is 0 Å². The van der Waals surface area contributed by atoms with Crippen LogP contribution in [0.5, 0.6) is 0 Å². The molecule has 0 saturated carbocycles. The number of hydrogen-bond donors (Lipinski definition) is 1. The smallest absolute Gasteiger partial charge is 0.305 e. The summed E-state index contributed by atoms with van der Waals surface area (Å²) in [5, 5.41) is 3.11. The molecule has 0 fully saturated rings. The second-order valence-corrected chi connectivity index (χ2v) is 3.44. The van der Waals surface area contributed by atoms with Crippen LogP contribution in [0.15, 0.2) is 0 Å². The molecule has 0 unspecified atom stereocenters. The van der Waals surface area contributed by atoms with Crippen LogP contribution in [-0.2, 0) is 9.53 Å². The standard InChI is InChI=1S/C10H22N2O2/c1-11-7-5-9-12(2)8-4-6-10(13)14-3/h11H,4-9H2,1-3H3. The third kappa shape index (κ3) is 8.01. The molecule has 0 atom stereocenters. The van der Waals surface area contributed by atoms with Crippen molar-refractivity contribution in [2.45, 2.75) is 19.3 Å². The van der Waals surface area contributed by atoms with Crippen molar-refractivity contribution in [1.82, 2.24) is 10.2 Å². The number of carbonyl (C=O) groups excluding carboxylic acids is 1. The second kappa shape index (κ2) is 8.97. The van der Waals surface area contributed by atoms with Crippen LogP contribution >= 0.6 is 0 Å². The number of nitrogens with zero attached hydrogens (tertiary/aromatic N) is 1. The van der Waals surface area contributed by atoms with E-state index in [4.69, 9.17) is 0 Å². The van der Waals surface area contributed by atoms with Gasteiger partial charge in [0.2, 0.25) is 0 Å². The lowest BCUT2D eigenvalue weighted by Gasteiger charge is -2.15. The molecule has 0 aromatic rings. The average molecular weight is 202 g/mol. The molecule has 1 N–H and O–H groups in total. The number of hydrogen-bond acceptors (Lipinski definition) is 4. The Balaban J connectivity index is 3.26. The molecule has 4 heteroatoms. The summed E-state index contributed by atoms with van der Waals surface area (Å²) in [6, 6.07) is 0. The number of nitrogens with one attached hydrogen (secondary N) is 1. The maximum absolute atomic E-state index is 10.8. The highest BCUT2D eigenvalue weighted by Gasteiger charge is 2.02. The summed E-state index contributed by atoms with van der Waals surface area (Å²) >= 11 is 0. The fourth-order valence-electron chi connectivity index (χ4n) is 1.23. The lowest BCUT2D eigenvalue weighted by atomic mass is 10.3. The highest BCUT2D eigenvalue weighted by Crippen LogP contribution is 1.95. The molecule has 0 radical (unpaired) electrons. The van der Waals surface area contributed by atoms with Crippen molar-refractivity contribution in [2.75, 3.05) is 40.8 Å². The minimum atomic E-state index is -0.117. The third-order valence-electron chi connectivity index (χ3n) is 2.12. The molecule has 0 aromatic heterocycles. The van der Waals surface area contributed by atoms with Crippen LogP contribution in [-0.4, -0.2) is 51.7 Å². The zero-order chi connectivity index (χ0) is 10.8. The van der Waals surface area contributed by atoms with Crippen molar-refractivity contribution in [3.8, 4) is 0 Å². The second-order valence-electron chi connectivity index (χ2n) is 3.44. The van der Waals surface area contributed by atoms with E-state index in [1.165, 1.54) is 7.11 Å². The molecule has 0 aliphatic rings. The fraction of sp³-hybridized carbons (Fsp3) is 0.900. The molecule has 14 heavy (non-hydrogen) atoms. The molecule has 0 saturated heterocycles. The maximum atomic E-state index is 10.8. The van der Waals surface area contributed by atoms with Gasteiger partial charge in [0.05, 0.1) is 7.11 Å². The lowest BCUT2D eigenvalue weighted by Crippen LogP contribution is -2.24. The average Bonchev–Trinajstić information content (AvgIpc) is 2.18. The van der Waals surface area contributed by atoms with Gasteiger partial charge in [0.1, 0.15) is 0 Å². The van der Waals surface area contributed by atoms with E-state index in [0.29, 0.717) is 6.42 Å². The molecule has 0 amide bonds. The van der Waals surface area contributed by atoms with E-state index in [9.17, 15) is 4.79 Å². The summed E-state index contributed by atoms with van der Waals surface area (Å²) in [5.74, 6) is -0.117. The van der Waals surface area contributed by atoms with Crippen LogP contribution < -0.4 is 5.32 Å². The molecule has 0 heterocycles. The zero-order valence-corrected chi connectivity index (χ0v) is 9.51. The van der Waals surface area contributed by atoms with Crippen molar-refractivity contribution >= 4 is 5.97 Å². The molecule has 0 aliphatic carbocycles. The minimum Gasteiger partial charge on any atom is -0.469 e. The van der Waals surface area contributed by atoms with Crippen molar-refractivity contribution in [3.63, 3.8) is 0 Å². The van der Waals surface area contributed by atoms with Crippen LogP contribution in [0.2, 0.25) is 0 Å². The molecule has 0 aliphatic heterocycles. The highest BCUT2D eigenvalue weighted by molar-refractivity contribution is 5.68. The summed E-state index contributed by atoms with van der Waals surface area (Å²) in [4.78, 5) is 13.0. The summed E-state index contributed by atoms with van der Waals surface area (Å²) in [6.45, 7) is 3.07. The van der Waals surface area contributed by atoms with Crippen LogP contribution in [0.3, 0.4) is 0 Å². The van der Waals surface area contributed by atoms with Gasteiger partial charge in [-0.2, -0.15) is 0 Å². The number of rotatable bonds is 8. The van der Waals surface area contributed by atoms with Crippen LogP contribution in [0.25, 0.3) is 0 Å². The summed E-state index contributed by atoms with van der Waals surface area (Å²) in [5.41, 5.74) is 0. The third-order valence-corrected chi connectivity index (χ3v) is 2.12. The molecule has 0 spiro atoms. The first-order valence-electron chi connectivity index (χ1n) is 5.10. The Kier molecular flexibility index (Phi) is 8.57. The Morgan fingerprint density at radius 1 is 1.36 bits per heavy atom. The van der Waals surface area contributed by atoms with Gasteiger partial charge in [0, 0.05) is 6.42 Å². The number of esters is 1. The van der Waals surface area contributed by atoms with Gasteiger partial charge in [-0.1, -0.05) is 0 Å². The number of ether oxygens (including phenoxy) is 1. The zero-order valence-electron chi connectivity index (χ0n) is 9.51. The molecule has 84 valence electrons. The van der Waals surface area contributed by atoms with Gasteiger partial charge in [0.25, 0.3) is 0 Å². The monoisotopic (exact) mass is 202 g/mol. The van der Waals surface area contributed by atoms with Gasteiger partial charge in [-0.15, -0.1) is 0 Å². The first kappa shape index (κ1) is 13.4. The molecular formula is C10H22N2O2. The van der Waals surface area contributed by atoms with E-state index < -0.39 is 0 Å². The Hall–Kier alpha value is -0.610. The number of methoxy groups -OCH3 is 1. The summed E-state index contributed by atoms with van der Waals surface area (Å²) < 4.78 is 4.56. The predicted molar refractivity (Wildman–Crippen MR) is 57.3 cm³/mol. The van der Waals surface area contributed by atoms with Crippen LogP contribution in [0, 0.1) is 0 Å². The van der Waals surface area contributed by atoms with Gasteiger partial charge in [-0.3, -0.25) is 4.79 Å². The van der Waals surface area contributed by atoms with Crippen molar-refractivity contribution in [3.05, 3.63) is 0 Å². The van der Waals surface area contributed by atoms with E-state index in [1.54, 1.807) is 0 Å². The Labute approximate surface area is 86.6 Å². The summed E-state index contributed by atoms with van der Waals surface area (Å²) in [6.07, 6.45) is 2.54. The molecule has 0 bridgehead atoms. The van der Waals surface area contributed by atoms with E-state index in [1.807, 2.05) is 7.05 Å². The topological polar surface area (TPSA) is 41.6 Å². The molecule has 0 aromatic carbocycles. The van der Waals surface area contributed by atoms with Crippen molar-refractivity contribution in [1.29, 1.82) is 0 Å². The quantitative estimate of drug-likeness (QED) is 0.459. The SMILES string of the molecule is CNCCCN(C)CCCC(=O)OC. The van der Waals surface area contributed by atoms with Crippen molar-refractivity contribution in [2.24, 2.45) is 0 Å². The Morgan fingerprint density at radius 2 is 2.00 bits per heavy atom. The molecule has 4 nitrogen and oxygen atoms in total. The van der Waals surface area contributed by atoms with Crippen molar-refractivity contribution < 1.29 is 9.53 Å². The molecular weight excluding hydrogens is 180 g/mol. The van der Waals surface area contributed by atoms with E-state index >= 15 is 0 Å². The fourth-order valence-corrected chi connectivity index (χ4v) is 1.23. The van der Waals surface area contributed by atoms with Gasteiger partial charge >= 0.3 is 5.97 Å². The van der Waals surface area contributed by atoms with Crippen LogP contribution in [0.1, 0.15) is 19.3 Å². The normalized spacial score (nSPS) is 10.6. The summed E-state index contributed by atoms with van der Waals surface area (Å²) in [7, 11) is 5.46. The maximum Gasteiger partial charge on any atom is 0.305 e. The predicted octanol–water partition coefficient (Wildman–Crippen LogP) is 0.481. The Morgan fingerprint density at radius 3 is 2.57 bits per heavy atom. The van der Waals surface area contributed by atoms with E-state index in [-0.39, 0.29) is 5.97 Å². The first-order valence-corrected chi connectivity index (χ1v) is 5.10. The first-order chi connectivity index (χ1) is 6.70.